The Bertz CT molecular complexity index is 669. The maximum absolute atomic E-state index is 12.5. The predicted octanol–water partition coefficient (Wildman–Crippen LogP) is 2.92. The number of nitro benzene ring substituents is 1. The Labute approximate surface area is 115 Å². The molecule has 1 heterocycles. The molecule has 2 rings (SSSR count). The van der Waals surface area contributed by atoms with Gasteiger partial charge in [0.05, 0.1) is 17.0 Å². The molecule has 0 spiro atoms. The van der Waals surface area contributed by atoms with Crippen LogP contribution < -0.4 is 5.32 Å². The van der Waals surface area contributed by atoms with E-state index in [9.17, 15) is 23.3 Å². The smallest absolute Gasteiger partial charge is 0.371 e. The van der Waals surface area contributed by atoms with Crippen LogP contribution in [0.4, 0.5) is 24.5 Å². The van der Waals surface area contributed by atoms with Crippen LogP contribution in [0.1, 0.15) is 17.3 Å². The first-order valence-electron chi connectivity index (χ1n) is 5.66. The zero-order valence-corrected chi connectivity index (χ0v) is 10.6. The van der Waals surface area contributed by atoms with E-state index >= 15 is 0 Å². The molecule has 0 aliphatic heterocycles. The van der Waals surface area contributed by atoms with Crippen molar-refractivity contribution < 1.29 is 22.6 Å². The van der Waals surface area contributed by atoms with Crippen molar-refractivity contribution in [2.24, 2.45) is 0 Å². The number of nitro groups is 1. The van der Waals surface area contributed by atoms with Crippen molar-refractivity contribution in [1.29, 1.82) is 0 Å². The lowest BCUT2D eigenvalue weighted by molar-refractivity contribution is -0.384. The third-order valence-electron chi connectivity index (χ3n) is 2.52. The normalized spacial score (nSPS) is 11.4. The molecule has 0 bridgehead atoms. The van der Waals surface area contributed by atoms with E-state index < -0.39 is 22.4 Å². The molecule has 0 aliphatic rings. The van der Waals surface area contributed by atoms with Crippen LogP contribution in [0.5, 0.6) is 0 Å². The summed E-state index contributed by atoms with van der Waals surface area (Å²) in [5.74, 6) is 0.551. The molecule has 7 nitrogen and oxygen atoms in total. The van der Waals surface area contributed by atoms with Gasteiger partial charge in [0.15, 0.2) is 5.82 Å². The molecule has 0 saturated heterocycles. The number of nitrogens with one attached hydrogen (secondary N) is 1. The topological polar surface area (TPSA) is 94.1 Å². The Morgan fingerprint density at radius 2 is 2.14 bits per heavy atom. The van der Waals surface area contributed by atoms with E-state index in [2.05, 4.69) is 15.5 Å². The van der Waals surface area contributed by atoms with E-state index in [4.69, 9.17) is 4.52 Å². The Kier molecular flexibility index (Phi) is 3.78. The van der Waals surface area contributed by atoms with Crippen LogP contribution >= 0.6 is 0 Å². The molecule has 1 aromatic carbocycles. The zero-order chi connectivity index (χ0) is 15.6. The Hall–Kier alpha value is -2.65. The monoisotopic (exact) mass is 302 g/mol. The highest BCUT2D eigenvalue weighted by Gasteiger charge is 2.33. The van der Waals surface area contributed by atoms with Gasteiger partial charge in [0, 0.05) is 6.07 Å². The van der Waals surface area contributed by atoms with Crippen LogP contribution in [-0.2, 0) is 12.7 Å². The van der Waals surface area contributed by atoms with Crippen molar-refractivity contribution in [3.63, 3.8) is 0 Å². The first kappa shape index (κ1) is 14.8. The van der Waals surface area contributed by atoms with E-state index in [1.807, 2.05) is 0 Å². The fourth-order valence-electron chi connectivity index (χ4n) is 1.59. The molecule has 0 unspecified atom stereocenters. The molecule has 0 amide bonds. The Balaban J connectivity index is 2.24. The fourth-order valence-corrected chi connectivity index (χ4v) is 1.59. The molecular formula is C11H9F3N4O3. The van der Waals surface area contributed by atoms with Crippen molar-refractivity contribution in [3.05, 3.63) is 45.6 Å². The van der Waals surface area contributed by atoms with Gasteiger partial charge in [-0.15, -0.1) is 0 Å². The van der Waals surface area contributed by atoms with E-state index in [1.165, 1.54) is 0 Å². The zero-order valence-electron chi connectivity index (χ0n) is 10.6. The van der Waals surface area contributed by atoms with Gasteiger partial charge in [-0.05, 0) is 19.1 Å². The van der Waals surface area contributed by atoms with Crippen molar-refractivity contribution in [3.8, 4) is 0 Å². The average molecular weight is 302 g/mol. The lowest BCUT2D eigenvalue weighted by atomic mass is 10.1. The average Bonchev–Trinajstić information content (AvgIpc) is 2.80. The van der Waals surface area contributed by atoms with Gasteiger partial charge in [-0.1, -0.05) is 5.16 Å². The van der Waals surface area contributed by atoms with Crippen molar-refractivity contribution in [2.75, 3.05) is 5.32 Å². The molecule has 1 N–H and O–H groups in total. The molecular weight excluding hydrogens is 293 g/mol. The van der Waals surface area contributed by atoms with Crippen LogP contribution in [0.3, 0.4) is 0 Å². The second-order valence-corrected chi connectivity index (χ2v) is 4.08. The molecule has 1 aromatic heterocycles. The molecule has 0 fully saturated rings. The predicted molar refractivity (Wildman–Crippen MR) is 64.5 cm³/mol. The number of hydrogen-bond acceptors (Lipinski definition) is 6. The van der Waals surface area contributed by atoms with Gasteiger partial charge in [-0.25, -0.2) is 0 Å². The lowest BCUT2D eigenvalue weighted by Crippen LogP contribution is -2.08. The highest BCUT2D eigenvalue weighted by molar-refractivity contribution is 5.62. The standard InChI is InChI=1S/C11H9F3N4O3/c1-6-16-10(21-17-6)5-15-8-3-2-7(11(12,13)14)4-9(8)18(19)20/h2-4,15H,5H2,1H3. The number of hydrogen-bond donors (Lipinski definition) is 1. The molecule has 112 valence electrons. The van der Waals surface area contributed by atoms with Crippen LogP contribution in [-0.4, -0.2) is 15.1 Å². The van der Waals surface area contributed by atoms with Gasteiger partial charge in [0.25, 0.3) is 5.69 Å². The fraction of sp³-hybridized carbons (Fsp3) is 0.273. The van der Waals surface area contributed by atoms with Crippen LogP contribution in [0.25, 0.3) is 0 Å². The number of halogens is 3. The SMILES string of the molecule is Cc1noc(CNc2ccc(C(F)(F)F)cc2[N+](=O)[O-])n1. The van der Waals surface area contributed by atoms with E-state index in [0.717, 1.165) is 12.1 Å². The minimum atomic E-state index is -4.65. The third-order valence-corrected chi connectivity index (χ3v) is 2.52. The summed E-state index contributed by atoms with van der Waals surface area (Å²) < 4.78 is 42.4. The third kappa shape index (κ3) is 3.46. The summed E-state index contributed by atoms with van der Waals surface area (Å²) in [6, 6.07) is 2.22. The number of rotatable bonds is 4. The number of nitrogens with zero attached hydrogens (tertiary/aromatic N) is 3. The summed E-state index contributed by atoms with van der Waals surface area (Å²) in [4.78, 5) is 13.8. The van der Waals surface area contributed by atoms with Gasteiger partial charge in [0.1, 0.15) is 5.69 Å². The van der Waals surface area contributed by atoms with Gasteiger partial charge < -0.3 is 9.84 Å². The number of aryl methyl sites for hydroxylation is 1. The maximum atomic E-state index is 12.5. The van der Waals surface area contributed by atoms with Gasteiger partial charge in [0.2, 0.25) is 5.89 Å². The molecule has 0 saturated carbocycles. The van der Waals surface area contributed by atoms with Gasteiger partial charge >= 0.3 is 6.18 Å². The maximum Gasteiger partial charge on any atom is 0.416 e. The van der Waals surface area contributed by atoms with Crippen LogP contribution in [0.15, 0.2) is 22.7 Å². The van der Waals surface area contributed by atoms with Crippen molar-refractivity contribution >= 4 is 11.4 Å². The number of anilines is 1. The molecule has 2 aromatic rings. The largest absolute Gasteiger partial charge is 0.416 e. The molecule has 10 heteroatoms. The minimum absolute atomic E-state index is 0.0347. The van der Waals surface area contributed by atoms with Gasteiger partial charge in [-0.2, -0.15) is 18.2 Å². The summed E-state index contributed by atoms with van der Waals surface area (Å²) in [5, 5.41) is 17.0. The highest BCUT2D eigenvalue weighted by atomic mass is 19.4. The summed E-state index contributed by atoms with van der Waals surface area (Å²) in [6.45, 7) is 1.56. The minimum Gasteiger partial charge on any atom is -0.371 e. The molecule has 0 radical (unpaired) electrons. The lowest BCUT2D eigenvalue weighted by Gasteiger charge is -2.09. The quantitative estimate of drug-likeness (QED) is 0.689. The van der Waals surface area contributed by atoms with Crippen LogP contribution in [0.2, 0.25) is 0 Å². The summed E-state index contributed by atoms with van der Waals surface area (Å²) in [7, 11) is 0. The van der Waals surface area contributed by atoms with Crippen LogP contribution in [0, 0.1) is 17.0 Å². The van der Waals surface area contributed by atoms with E-state index in [0.29, 0.717) is 11.9 Å². The van der Waals surface area contributed by atoms with Crippen molar-refractivity contribution in [1.82, 2.24) is 10.1 Å². The Morgan fingerprint density at radius 1 is 1.43 bits per heavy atom. The number of aromatic nitrogens is 2. The number of alkyl halides is 3. The Morgan fingerprint density at radius 3 is 2.67 bits per heavy atom. The van der Waals surface area contributed by atoms with Crippen molar-refractivity contribution in [2.45, 2.75) is 19.6 Å². The number of benzene rings is 1. The van der Waals surface area contributed by atoms with Gasteiger partial charge in [-0.3, -0.25) is 10.1 Å². The van der Waals surface area contributed by atoms with E-state index in [1.54, 1.807) is 6.92 Å². The summed E-state index contributed by atoms with van der Waals surface area (Å²) in [5.41, 5.74) is -1.83. The molecule has 0 aliphatic carbocycles. The first-order chi connectivity index (χ1) is 9.77. The molecule has 0 atom stereocenters. The molecule has 21 heavy (non-hydrogen) atoms. The summed E-state index contributed by atoms with van der Waals surface area (Å²) >= 11 is 0. The second kappa shape index (κ2) is 5.38. The summed E-state index contributed by atoms with van der Waals surface area (Å²) in [6.07, 6.45) is -4.65. The highest BCUT2D eigenvalue weighted by Crippen LogP contribution is 2.35. The first-order valence-corrected chi connectivity index (χ1v) is 5.66. The second-order valence-electron chi connectivity index (χ2n) is 4.08. The van der Waals surface area contributed by atoms with E-state index in [-0.39, 0.29) is 18.1 Å².